The third-order valence-electron chi connectivity index (χ3n) is 7.01. The number of hydrogen-bond donors (Lipinski definition) is 0. The molecule has 0 N–H and O–H groups in total. The van der Waals surface area contributed by atoms with Gasteiger partial charge >= 0.3 is 5.97 Å². The molecule has 1 saturated heterocycles. The number of esters is 1. The maximum Gasteiger partial charge on any atom is 0.339 e. The van der Waals surface area contributed by atoms with Gasteiger partial charge in [0.15, 0.2) is 5.60 Å². The van der Waals surface area contributed by atoms with E-state index in [1.54, 1.807) is 40.3 Å². The number of aromatic nitrogens is 1. The summed E-state index contributed by atoms with van der Waals surface area (Å²) >= 11 is 6.45. The van der Waals surface area contributed by atoms with Gasteiger partial charge in [-0.25, -0.2) is 4.79 Å². The van der Waals surface area contributed by atoms with E-state index in [4.69, 9.17) is 16.3 Å². The van der Waals surface area contributed by atoms with Crippen LogP contribution in [0.2, 0.25) is 5.02 Å². The van der Waals surface area contributed by atoms with Gasteiger partial charge in [0.2, 0.25) is 0 Å². The highest BCUT2D eigenvalue weighted by atomic mass is 35.5. The van der Waals surface area contributed by atoms with E-state index in [-0.39, 0.29) is 24.3 Å². The molecule has 0 radical (unpaired) electrons. The zero-order valence-corrected chi connectivity index (χ0v) is 20.9. The number of ether oxygens (including phenoxy) is 1. The van der Waals surface area contributed by atoms with Gasteiger partial charge in [-0.05, 0) is 43.7 Å². The quantitative estimate of drug-likeness (QED) is 0.467. The smallest absolute Gasteiger partial charge is 0.339 e. The summed E-state index contributed by atoms with van der Waals surface area (Å²) in [6.07, 6.45) is 2.17. The number of halogens is 1. The molecular formula is C28H26ClN3O4. The first kappa shape index (κ1) is 24.0. The van der Waals surface area contributed by atoms with Crippen molar-refractivity contribution in [3.05, 3.63) is 88.2 Å². The zero-order chi connectivity index (χ0) is 25.4. The lowest BCUT2D eigenvalue weighted by molar-refractivity contribution is -0.00306. The Kier molecular flexibility index (Phi) is 6.26. The Balaban J connectivity index is 1.38. The van der Waals surface area contributed by atoms with Gasteiger partial charge in [0, 0.05) is 43.4 Å². The van der Waals surface area contributed by atoms with E-state index in [9.17, 15) is 14.4 Å². The van der Waals surface area contributed by atoms with E-state index in [0.717, 1.165) is 16.7 Å². The molecule has 1 aromatic heterocycles. The van der Waals surface area contributed by atoms with E-state index in [1.807, 2.05) is 44.2 Å². The van der Waals surface area contributed by atoms with Crippen molar-refractivity contribution < 1.29 is 19.1 Å². The van der Waals surface area contributed by atoms with Crippen molar-refractivity contribution in [1.82, 2.24) is 14.8 Å². The van der Waals surface area contributed by atoms with Crippen LogP contribution in [0.5, 0.6) is 0 Å². The van der Waals surface area contributed by atoms with E-state index in [0.29, 0.717) is 47.9 Å². The number of nitrogens with zero attached hydrogens (tertiary/aromatic N) is 3. The Hall–Kier alpha value is -3.71. The van der Waals surface area contributed by atoms with Gasteiger partial charge in [0.25, 0.3) is 11.8 Å². The summed E-state index contributed by atoms with van der Waals surface area (Å²) in [6.45, 7) is 5.82. The SMILES string of the molecule is CCN(CC)C(=O)c1ccc(-c2ccc(Cl)c(C(=O)N3CC[C@@]4(C3)OC(=O)c3ccccc34)c2)cn1. The van der Waals surface area contributed by atoms with Crippen molar-refractivity contribution >= 4 is 29.4 Å². The number of benzene rings is 2. The molecule has 36 heavy (non-hydrogen) atoms. The summed E-state index contributed by atoms with van der Waals surface area (Å²) in [7, 11) is 0. The summed E-state index contributed by atoms with van der Waals surface area (Å²) in [5.74, 6) is -0.688. The van der Waals surface area contributed by atoms with Crippen LogP contribution in [0.3, 0.4) is 0 Å². The molecule has 5 rings (SSSR count). The number of hydrogen-bond acceptors (Lipinski definition) is 5. The molecule has 3 heterocycles. The number of carbonyl (C=O) groups is 3. The second-order valence-electron chi connectivity index (χ2n) is 9.01. The molecule has 0 bridgehead atoms. The molecule has 0 saturated carbocycles. The van der Waals surface area contributed by atoms with Crippen molar-refractivity contribution in [2.24, 2.45) is 0 Å². The van der Waals surface area contributed by atoms with Gasteiger partial charge < -0.3 is 14.5 Å². The monoisotopic (exact) mass is 503 g/mol. The Bertz CT molecular complexity index is 1350. The predicted molar refractivity (Wildman–Crippen MR) is 136 cm³/mol. The third-order valence-corrected chi connectivity index (χ3v) is 7.34. The lowest BCUT2D eigenvalue weighted by Gasteiger charge is -2.24. The van der Waals surface area contributed by atoms with Crippen LogP contribution in [0.1, 0.15) is 57.0 Å². The van der Waals surface area contributed by atoms with Gasteiger partial charge in [-0.2, -0.15) is 0 Å². The molecule has 2 aliphatic heterocycles. The largest absolute Gasteiger partial charge is 0.449 e. The minimum Gasteiger partial charge on any atom is -0.449 e. The summed E-state index contributed by atoms with van der Waals surface area (Å²) in [4.78, 5) is 46.2. The minimum atomic E-state index is -0.815. The van der Waals surface area contributed by atoms with Gasteiger partial charge in [-0.15, -0.1) is 0 Å². The highest BCUT2D eigenvalue weighted by Gasteiger charge is 2.51. The number of fused-ring (bicyclic) bond motifs is 2. The number of likely N-dealkylation sites (tertiary alicyclic amines) is 1. The van der Waals surface area contributed by atoms with Gasteiger partial charge in [-0.1, -0.05) is 41.9 Å². The minimum absolute atomic E-state index is 0.115. The molecule has 1 fully saturated rings. The topological polar surface area (TPSA) is 79.8 Å². The average molecular weight is 504 g/mol. The lowest BCUT2D eigenvalue weighted by atomic mass is 9.91. The molecule has 8 heteroatoms. The molecule has 3 aromatic rings. The van der Waals surface area contributed by atoms with Gasteiger partial charge in [0.1, 0.15) is 5.69 Å². The van der Waals surface area contributed by atoms with Crippen LogP contribution in [0.15, 0.2) is 60.8 Å². The van der Waals surface area contributed by atoms with Crippen LogP contribution in [0.4, 0.5) is 0 Å². The summed E-state index contributed by atoms with van der Waals surface area (Å²) in [5, 5.41) is 0.342. The third kappa shape index (κ3) is 4.03. The van der Waals surface area contributed by atoms with Crippen LogP contribution >= 0.6 is 11.6 Å². The number of carbonyl (C=O) groups excluding carboxylic acids is 3. The zero-order valence-electron chi connectivity index (χ0n) is 20.2. The second-order valence-corrected chi connectivity index (χ2v) is 9.42. The highest BCUT2D eigenvalue weighted by Crippen LogP contribution is 2.43. The second kappa shape index (κ2) is 9.39. The lowest BCUT2D eigenvalue weighted by Crippen LogP contribution is -2.34. The van der Waals surface area contributed by atoms with Crippen molar-refractivity contribution in [2.45, 2.75) is 25.9 Å². The Morgan fingerprint density at radius 2 is 1.83 bits per heavy atom. The average Bonchev–Trinajstić information content (AvgIpc) is 3.46. The molecule has 2 aromatic carbocycles. The van der Waals surface area contributed by atoms with E-state index in [2.05, 4.69) is 4.98 Å². The van der Waals surface area contributed by atoms with E-state index in [1.165, 1.54) is 0 Å². The number of rotatable bonds is 5. The molecule has 184 valence electrons. The maximum atomic E-state index is 13.5. The molecule has 2 amide bonds. The summed E-state index contributed by atoms with van der Waals surface area (Å²) in [6, 6.07) is 16.1. The first-order chi connectivity index (χ1) is 17.4. The van der Waals surface area contributed by atoms with Crippen molar-refractivity contribution in [2.75, 3.05) is 26.2 Å². The fourth-order valence-corrected chi connectivity index (χ4v) is 5.21. The molecule has 1 atom stereocenters. The molecular weight excluding hydrogens is 478 g/mol. The summed E-state index contributed by atoms with van der Waals surface area (Å²) in [5.41, 5.74) is 2.85. The Morgan fingerprint density at radius 1 is 1.08 bits per heavy atom. The van der Waals surface area contributed by atoms with Crippen LogP contribution in [-0.2, 0) is 10.3 Å². The van der Waals surface area contributed by atoms with E-state index < -0.39 is 5.60 Å². The van der Waals surface area contributed by atoms with Crippen molar-refractivity contribution in [3.8, 4) is 11.1 Å². The van der Waals surface area contributed by atoms with Crippen LogP contribution in [-0.4, -0.2) is 58.7 Å². The van der Waals surface area contributed by atoms with E-state index >= 15 is 0 Å². The molecule has 0 aliphatic carbocycles. The predicted octanol–water partition coefficient (Wildman–Crippen LogP) is 4.80. The first-order valence-electron chi connectivity index (χ1n) is 12.0. The first-order valence-corrected chi connectivity index (χ1v) is 12.4. The van der Waals surface area contributed by atoms with Crippen LogP contribution in [0, 0.1) is 0 Å². The summed E-state index contributed by atoms with van der Waals surface area (Å²) < 4.78 is 5.78. The number of amides is 2. The standard InChI is InChI=1S/C28H26ClN3O4/c1-3-31(4-2)26(34)24-12-10-19(16-30-24)18-9-11-23(29)21(15-18)25(33)32-14-13-28(17-32)22-8-6-5-7-20(22)27(35)36-28/h5-12,15-16H,3-4,13-14,17H2,1-2H3/t28-/m0/s1. The molecule has 7 nitrogen and oxygen atoms in total. The van der Waals surface area contributed by atoms with Crippen molar-refractivity contribution in [1.29, 1.82) is 0 Å². The van der Waals surface area contributed by atoms with Crippen LogP contribution in [0.25, 0.3) is 11.1 Å². The number of pyridine rings is 1. The maximum absolute atomic E-state index is 13.5. The Labute approximate surface area is 214 Å². The fourth-order valence-electron chi connectivity index (χ4n) is 5.01. The van der Waals surface area contributed by atoms with Crippen LogP contribution < -0.4 is 0 Å². The molecule has 2 aliphatic rings. The normalized spacial score (nSPS) is 18.3. The van der Waals surface area contributed by atoms with Crippen molar-refractivity contribution in [3.63, 3.8) is 0 Å². The Morgan fingerprint density at radius 3 is 2.56 bits per heavy atom. The molecule has 0 unspecified atom stereocenters. The molecule has 1 spiro atoms. The van der Waals surface area contributed by atoms with Gasteiger partial charge in [-0.3, -0.25) is 14.6 Å². The highest BCUT2D eigenvalue weighted by molar-refractivity contribution is 6.34. The van der Waals surface area contributed by atoms with Gasteiger partial charge in [0.05, 0.1) is 22.7 Å². The fraction of sp³-hybridized carbons (Fsp3) is 0.286.